The highest BCUT2D eigenvalue weighted by atomic mass is 32.2. The highest BCUT2D eigenvalue weighted by molar-refractivity contribution is 7.89. The van der Waals surface area contributed by atoms with Gasteiger partial charge in [0.15, 0.2) is 0 Å². The number of ether oxygens (including phenoxy) is 2. The summed E-state index contributed by atoms with van der Waals surface area (Å²) in [5.41, 5.74) is 0.505. The Morgan fingerprint density at radius 3 is 2.29 bits per heavy atom. The third-order valence-electron chi connectivity index (χ3n) is 3.28. The number of hydrogen-bond donors (Lipinski definition) is 1. The molecule has 5 nitrogen and oxygen atoms in total. The van der Waals surface area contributed by atoms with Crippen molar-refractivity contribution < 1.29 is 26.7 Å². The number of methoxy groups -OCH3 is 1. The first-order valence-corrected chi connectivity index (χ1v) is 8.51. The van der Waals surface area contributed by atoms with Gasteiger partial charge in [-0.25, -0.2) is 13.1 Å². The fourth-order valence-electron chi connectivity index (χ4n) is 2.08. The lowest BCUT2D eigenvalue weighted by Gasteiger charge is -2.16. The van der Waals surface area contributed by atoms with Crippen LogP contribution in [0.1, 0.15) is 18.5 Å². The summed E-state index contributed by atoms with van der Waals surface area (Å²) >= 11 is 0. The summed E-state index contributed by atoms with van der Waals surface area (Å²) < 4.78 is 61.1. The topological polar surface area (TPSA) is 64.6 Å². The van der Waals surface area contributed by atoms with Gasteiger partial charge in [-0.1, -0.05) is 12.1 Å². The monoisotopic (exact) mass is 357 g/mol. The van der Waals surface area contributed by atoms with E-state index < -0.39 is 22.7 Å². The number of alkyl halides is 2. The number of rotatable bonds is 7. The zero-order valence-electron chi connectivity index (χ0n) is 13.1. The summed E-state index contributed by atoms with van der Waals surface area (Å²) in [4.78, 5) is 0.0788. The van der Waals surface area contributed by atoms with Crippen LogP contribution in [0.15, 0.2) is 53.4 Å². The molecule has 1 N–H and O–H groups in total. The summed E-state index contributed by atoms with van der Waals surface area (Å²) in [6.45, 7) is -1.32. The molecule has 0 heterocycles. The van der Waals surface area contributed by atoms with Gasteiger partial charge in [0.25, 0.3) is 0 Å². The van der Waals surface area contributed by atoms with Crippen LogP contribution < -0.4 is 14.2 Å². The Morgan fingerprint density at radius 2 is 1.71 bits per heavy atom. The average Bonchev–Trinajstić information content (AvgIpc) is 2.54. The Kier molecular flexibility index (Phi) is 5.74. The second-order valence-electron chi connectivity index (χ2n) is 4.97. The molecule has 8 heteroatoms. The summed E-state index contributed by atoms with van der Waals surface area (Å²) in [5.74, 6) is 0.511. The number of hydrogen-bond acceptors (Lipinski definition) is 4. The lowest BCUT2D eigenvalue weighted by Crippen LogP contribution is -2.26. The minimum absolute atomic E-state index is 0.0296. The first kappa shape index (κ1) is 18.2. The van der Waals surface area contributed by atoms with Crippen LogP contribution in [-0.4, -0.2) is 22.1 Å². The van der Waals surface area contributed by atoms with Gasteiger partial charge >= 0.3 is 6.61 Å². The van der Waals surface area contributed by atoms with E-state index in [1.807, 2.05) is 0 Å². The first-order chi connectivity index (χ1) is 11.3. The van der Waals surface area contributed by atoms with Gasteiger partial charge in [-0.3, -0.25) is 0 Å². The largest absolute Gasteiger partial charge is 0.497 e. The Balaban J connectivity index is 2.16. The van der Waals surface area contributed by atoms with Crippen LogP contribution in [0.3, 0.4) is 0 Å². The Morgan fingerprint density at radius 1 is 1.04 bits per heavy atom. The van der Waals surface area contributed by atoms with Crippen LogP contribution in [-0.2, 0) is 10.0 Å². The predicted molar refractivity (Wildman–Crippen MR) is 84.8 cm³/mol. The number of benzene rings is 2. The van der Waals surface area contributed by atoms with Crippen LogP contribution in [0.25, 0.3) is 0 Å². The molecule has 0 aliphatic heterocycles. The summed E-state index contributed by atoms with van der Waals surface area (Å²) in [6, 6.07) is 11.2. The van der Waals surface area contributed by atoms with Crippen LogP contribution in [0.4, 0.5) is 8.78 Å². The normalized spacial score (nSPS) is 12.9. The highest BCUT2D eigenvalue weighted by Crippen LogP contribution is 2.23. The van der Waals surface area contributed by atoms with Crippen molar-refractivity contribution in [3.05, 3.63) is 54.1 Å². The van der Waals surface area contributed by atoms with Crippen molar-refractivity contribution in [2.45, 2.75) is 24.5 Å². The standard InChI is InChI=1S/C16H17F2NO4S/c1-11(12-4-3-5-14(10-12)23-16(17)18)19-24(20,21)15-8-6-13(22-2)7-9-15/h3-11,16,19H,1-2H3. The molecule has 0 aliphatic rings. The van der Waals surface area contributed by atoms with Gasteiger partial charge < -0.3 is 9.47 Å². The van der Waals surface area contributed by atoms with E-state index in [2.05, 4.69) is 9.46 Å². The SMILES string of the molecule is COc1ccc(S(=O)(=O)NC(C)c2cccc(OC(F)F)c2)cc1. The van der Waals surface area contributed by atoms with E-state index in [4.69, 9.17) is 4.74 Å². The highest BCUT2D eigenvalue weighted by Gasteiger charge is 2.19. The summed E-state index contributed by atoms with van der Waals surface area (Å²) in [7, 11) is -2.28. The molecule has 2 aromatic carbocycles. The van der Waals surface area contributed by atoms with E-state index in [9.17, 15) is 17.2 Å². The summed E-state index contributed by atoms with van der Waals surface area (Å²) in [5, 5.41) is 0. The van der Waals surface area contributed by atoms with Gasteiger partial charge in [0.05, 0.1) is 12.0 Å². The zero-order chi connectivity index (χ0) is 17.7. The molecule has 0 aromatic heterocycles. The predicted octanol–water partition coefficient (Wildman–Crippen LogP) is 3.34. The van der Waals surface area contributed by atoms with Gasteiger partial charge in [-0.15, -0.1) is 0 Å². The molecule has 0 aliphatic carbocycles. The molecule has 2 aromatic rings. The van der Waals surface area contributed by atoms with Crippen LogP contribution >= 0.6 is 0 Å². The van der Waals surface area contributed by atoms with Crippen molar-refractivity contribution >= 4 is 10.0 Å². The van der Waals surface area contributed by atoms with Crippen molar-refractivity contribution in [1.29, 1.82) is 0 Å². The minimum atomic E-state index is -3.76. The maximum Gasteiger partial charge on any atom is 0.387 e. The van der Waals surface area contributed by atoms with Crippen LogP contribution in [0.5, 0.6) is 11.5 Å². The maximum atomic E-state index is 12.4. The lowest BCUT2D eigenvalue weighted by atomic mass is 10.1. The van der Waals surface area contributed by atoms with E-state index in [1.54, 1.807) is 13.0 Å². The lowest BCUT2D eigenvalue weighted by molar-refractivity contribution is -0.0499. The maximum absolute atomic E-state index is 12.4. The second kappa shape index (κ2) is 7.59. The molecule has 0 radical (unpaired) electrons. The first-order valence-electron chi connectivity index (χ1n) is 7.03. The van der Waals surface area contributed by atoms with E-state index in [-0.39, 0.29) is 10.6 Å². The molecule has 0 saturated carbocycles. The Bertz CT molecular complexity index is 779. The molecular formula is C16H17F2NO4S. The molecule has 1 atom stereocenters. The number of sulfonamides is 1. The molecule has 130 valence electrons. The van der Waals surface area contributed by atoms with Crippen LogP contribution in [0.2, 0.25) is 0 Å². The molecule has 0 spiro atoms. The van der Waals surface area contributed by atoms with Crippen LogP contribution in [0, 0.1) is 0 Å². The molecule has 2 rings (SSSR count). The quantitative estimate of drug-likeness (QED) is 0.825. The smallest absolute Gasteiger partial charge is 0.387 e. The zero-order valence-corrected chi connectivity index (χ0v) is 13.9. The van der Waals surface area contributed by atoms with E-state index in [0.29, 0.717) is 11.3 Å². The molecule has 24 heavy (non-hydrogen) atoms. The molecule has 0 bridgehead atoms. The van der Waals surface area contributed by atoms with E-state index in [1.165, 1.54) is 49.6 Å². The van der Waals surface area contributed by atoms with Crippen molar-refractivity contribution in [2.75, 3.05) is 7.11 Å². The van der Waals surface area contributed by atoms with Gasteiger partial charge in [-0.2, -0.15) is 8.78 Å². The fraction of sp³-hybridized carbons (Fsp3) is 0.250. The van der Waals surface area contributed by atoms with Gasteiger partial charge in [-0.05, 0) is 48.9 Å². The number of halogens is 2. The van der Waals surface area contributed by atoms with E-state index >= 15 is 0 Å². The molecule has 0 saturated heterocycles. The molecule has 1 unspecified atom stereocenters. The van der Waals surface area contributed by atoms with Gasteiger partial charge in [0.2, 0.25) is 10.0 Å². The fourth-order valence-corrected chi connectivity index (χ4v) is 3.32. The minimum Gasteiger partial charge on any atom is -0.497 e. The van der Waals surface area contributed by atoms with E-state index in [0.717, 1.165) is 0 Å². The van der Waals surface area contributed by atoms with Gasteiger partial charge in [0.1, 0.15) is 11.5 Å². The van der Waals surface area contributed by atoms with Crippen molar-refractivity contribution in [3.63, 3.8) is 0 Å². The third-order valence-corrected chi connectivity index (χ3v) is 4.84. The Labute approximate surface area is 139 Å². The van der Waals surface area contributed by atoms with Crippen molar-refractivity contribution in [3.8, 4) is 11.5 Å². The van der Waals surface area contributed by atoms with Gasteiger partial charge in [0, 0.05) is 6.04 Å². The summed E-state index contributed by atoms with van der Waals surface area (Å²) in [6.07, 6.45) is 0. The molecular weight excluding hydrogens is 340 g/mol. The Hall–Kier alpha value is -2.19. The number of nitrogens with one attached hydrogen (secondary N) is 1. The van der Waals surface area contributed by atoms with Crippen molar-refractivity contribution in [1.82, 2.24) is 4.72 Å². The third kappa shape index (κ3) is 4.65. The second-order valence-corrected chi connectivity index (χ2v) is 6.68. The van der Waals surface area contributed by atoms with Crippen molar-refractivity contribution in [2.24, 2.45) is 0 Å². The molecule has 0 amide bonds. The molecule has 0 fully saturated rings. The average molecular weight is 357 g/mol.